The minimum Gasteiger partial charge on any atom is -0.494 e. The van der Waals surface area contributed by atoms with E-state index in [0.717, 1.165) is 12.1 Å². The Kier molecular flexibility index (Phi) is 8.41. The molecule has 0 unspecified atom stereocenters. The van der Waals surface area contributed by atoms with Crippen LogP contribution in [0.4, 0.5) is 23.0 Å². The van der Waals surface area contributed by atoms with E-state index in [0.29, 0.717) is 23.4 Å². The van der Waals surface area contributed by atoms with Crippen LogP contribution in [0.5, 0.6) is 5.75 Å². The van der Waals surface area contributed by atoms with E-state index >= 15 is 0 Å². The van der Waals surface area contributed by atoms with Crippen molar-refractivity contribution in [2.45, 2.75) is 21.6 Å². The Morgan fingerprint density at radius 1 is 0.762 bits per heavy atom. The maximum atomic E-state index is 12.2. The Morgan fingerprint density at radius 2 is 1.33 bits per heavy atom. The third kappa shape index (κ3) is 6.90. The maximum Gasteiger partial charge on any atom is 0.295 e. The maximum absolute atomic E-state index is 12.2. The van der Waals surface area contributed by atoms with Gasteiger partial charge in [0.25, 0.3) is 30.4 Å². The van der Waals surface area contributed by atoms with E-state index in [9.17, 15) is 38.9 Å². The normalized spacial score (nSPS) is 12.6. The van der Waals surface area contributed by atoms with Crippen LogP contribution in [0, 0.1) is 6.92 Å². The van der Waals surface area contributed by atoms with Crippen LogP contribution in [-0.2, 0) is 30.4 Å². The van der Waals surface area contributed by atoms with Crippen LogP contribution >= 0.6 is 23.2 Å². The van der Waals surface area contributed by atoms with Gasteiger partial charge in [-0.05, 0) is 66.0 Å². The second-order valence-electron chi connectivity index (χ2n) is 8.25. The quantitative estimate of drug-likeness (QED) is 0.147. The number of rotatable bonds is 8. The summed E-state index contributed by atoms with van der Waals surface area (Å²) in [6.07, 6.45) is 0. The van der Waals surface area contributed by atoms with Gasteiger partial charge < -0.3 is 10.1 Å². The number of benzene rings is 3. The molecular weight excluding hydrogens is 663 g/mol. The van der Waals surface area contributed by atoms with E-state index < -0.39 is 55.8 Å². The van der Waals surface area contributed by atoms with E-state index in [1.807, 2.05) is 0 Å². The molecule has 4 N–H and O–H groups in total. The van der Waals surface area contributed by atoms with Crippen molar-refractivity contribution in [1.82, 2.24) is 15.0 Å². The summed E-state index contributed by atoms with van der Waals surface area (Å²) in [4.78, 5) is 8.34. The molecule has 1 heterocycles. The standard InChI is InChI=1S/C21H16Cl2N6O10S3/c1-9-3-15(24-21-26-19(22)25-20(23)27-21)16(39-2)8-14(9)29-28-10-4-12-13(17(5-10)41(33,34)35)6-11(40(30,31)32)7-18(12)42(36,37)38/h3-8H,1-2H3,(H,30,31,32)(H,33,34,35)(H,36,37,38)(H,24,25,26,27)/b29-28+. The smallest absolute Gasteiger partial charge is 0.295 e. The lowest BCUT2D eigenvalue weighted by atomic mass is 10.1. The minimum atomic E-state index is -5.19. The Hall–Kier alpha value is -3.56. The first-order valence-corrected chi connectivity index (χ1v) is 15.9. The lowest BCUT2D eigenvalue weighted by Gasteiger charge is -2.13. The molecular formula is C21H16Cl2N6O10S3. The fourth-order valence-electron chi connectivity index (χ4n) is 3.65. The Morgan fingerprint density at radius 3 is 1.88 bits per heavy atom. The summed E-state index contributed by atoms with van der Waals surface area (Å²) in [6.45, 7) is 1.63. The first kappa shape index (κ1) is 31.4. The number of azo groups is 1. The monoisotopic (exact) mass is 678 g/mol. The molecule has 21 heteroatoms. The molecule has 0 atom stereocenters. The number of hydrogen-bond donors (Lipinski definition) is 4. The molecule has 0 fully saturated rings. The van der Waals surface area contributed by atoms with Gasteiger partial charge in [0.1, 0.15) is 15.5 Å². The van der Waals surface area contributed by atoms with Crippen molar-refractivity contribution in [2.24, 2.45) is 10.2 Å². The van der Waals surface area contributed by atoms with Gasteiger partial charge >= 0.3 is 0 Å². The lowest BCUT2D eigenvalue weighted by Crippen LogP contribution is -2.07. The largest absolute Gasteiger partial charge is 0.494 e. The molecule has 3 aromatic carbocycles. The predicted molar refractivity (Wildman–Crippen MR) is 148 cm³/mol. The summed E-state index contributed by atoms with van der Waals surface area (Å²) >= 11 is 11.6. The second kappa shape index (κ2) is 11.3. The Balaban J connectivity index is 1.86. The van der Waals surface area contributed by atoms with Gasteiger partial charge in [-0.1, -0.05) is 0 Å². The molecule has 0 aliphatic heterocycles. The van der Waals surface area contributed by atoms with Crippen molar-refractivity contribution in [3.05, 3.63) is 52.5 Å². The zero-order chi connectivity index (χ0) is 31.2. The molecule has 0 spiro atoms. The number of aryl methyl sites for hydroxylation is 1. The fourth-order valence-corrected chi connectivity index (χ4v) is 6.07. The predicted octanol–water partition coefficient (Wildman–Crippen LogP) is 4.55. The number of hydrogen-bond acceptors (Lipinski definition) is 13. The van der Waals surface area contributed by atoms with Gasteiger partial charge in [0, 0.05) is 16.8 Å². The summed E-state index contributed by atoms with van der Waals surface area (Å²) in [5, 5.41) is 9.33. The molecule has 0 saturated heterocycles. The lowest BCUT2D eigenvalue weighted by molar-refractivity contribution is 0.417. The highest BCUT2D eigenvalue weighted by Crippen LogP contribution is 2.38. The summed E-state index contributed by atoms with van der Waals surface area (Å²) in [5.74, 6) is 0.221. The molecule has 0 bridgehead atoms. The molecule has 0 aliphatic carbocycles. The molecule has 1 aromatic heterocycles. The Labute approximate surface area is 247 Å². The summed E-state index contributed by atoms with van der Waals surface area (Å²) in [5.41, 5.74) is 0.712. The minimum absolute atomic E-state index is 0.00720. The molecule has 16 nitrogen and oxygen atoms in total. The van der Waals surface area contributed by atoms with Crippen LogP contribution in [-0.4, -0.2) is 61.0 Å². The highest BCUT2D eigenvalue weighted by molar-refractivity contribution is 7.87. The number of ether oxygens (including phenoxy) is 1. The van der Waals surface area contributed by atoms with Gasteiger partial charge in [0.05, 0.1) is 29.1 Å². The zero-order valence-corrected chi connectivity index (χ0v) is 24.8. The van der Waals surface area contributed by atoms with Crippen molar-refractivity contribution in [1.29, 1.82) is 0 Å². The number of nitrogens with zero attached hydrogens (tertiary/aromatic N) is 5. The van der Waals surface area contributed by atoms with Crippen molar-refractivity contribution < 1.29 is 43.6 Å². The summed E-state index contributed by atoms with van der Waals surface area (Å²) in [7, 11) is -14.0. The van der Waals surface area contributed by atoms with E-state index in [2.05, 4.69) is 30.5 Å². The third-order valence-electron chi connectivity index (χ3n) is 5.42. The third-order valence-corrected chi connectivity index (χ3v) is 8.38. The Bertz CT molecular complexity index is 2110. The van der Waals surface area contributed by atoms with Gasteiger partial charge in [-0.15, -0.1) is 0 Å². The van der Waals surface area contributed by atoms with Crippen LogP contribution in [0.25, 0.3) is 10.8 Å². The average molecular weight is 679 g/mol. The second-order valence-corrected chi connectivity index (χ2v) is 13.1. The number of aromatic nitrogens is 3. The topological polar surface area (TPSA) is 248 Å². The van der Waals surface area contributed by atoms with Crippen molar-refractivity contribution in [2.75, 3.05) is 12.4 Å². The number of anilines is 2. The van der Waals surface area contributed by atoms with E-state index in [1.165, 1.54) is 13.2 Å². The van der Waals surface area contributed by atoms with E-state index in [-0.39, 0.29) is 33.6 Å². The molecule has 0 amide bonds. The number of halogens is 2. The van der Waals surface area contributed by atoms with Gasteiger partial charge in [0.2, 0.25) is 16.5 Å². The molecule has 4 aromatic rings. The van der Waals surface area contributed by atoms with Crippen LogP contribution in [0.2, 0.25) is 10.6 Å². The molecule has 0 radical (unpaired) electrons. The average Bonchev–Trinajstić information content (AvgIpc) is 2.84. The molecule has 0 aliphatic rings. The number of fused-ring (bicyclic) bond motifs is 1. The van der Waals surface area contributed by atoms with Gasteiger partial charge in [-0.3, -0.25) is 13.7 Å². The van der Waals surface area contributed by atoms with Gasteiger partial charge in [-0.25, -0.2) is 0 Å². The summed E-state index contributed by atoms with van der Waals surface area (Å²) in [6, 6.07) is 5.77. The van der Waals surface area contributed by atoms with Crippen LogP contribution in [0.1, 0.15) is 5.56 Å². The highest BCUT2D eigenvalue weighted by atomic mass is 35.5. The van der Waals surface area contributed by atoms with Crippen LogP contribution in [0.15, 0.2) is 61.3 Å². The first-order chi connectivity index (χ1) is 19.4. The van der Waals surface area contributed by atoms with Crippen molar-refractivity contribution in [3.63, 3.8) is 0 Å². The highest BCUT2D eigenvalue weighted by Gasteiger charge is 2.25. The molecule has 222 valence electrons. The van der Waals surface area contributed by atoms with Crippen LogP contribution < -0.4 is 10.1 Å². The first-order valence-electron chi connectivity index (χ1n) is 10.9. The van der Waals surface area contributed by atoms with Gasteiger partial charge in [-0.2, -0.15) is 50.4 Å². The summed E-state index contributed by atoms with van der Waals surface area (Å²) < 4.78 is 106. The zero-order valence-electron chi connectivity index (χ0n) is 20.9. The fraction of sp³-hybridized carbons (Fsp3) is 0.0952. The van der Waals surface area contributed by atoms with E-state index in [1.54, 1.807) is 13.0 Å². The van der Waals surface area contributed by atoms with Gasteiger partial charge in [0.15, 0.2) is 0 Å². The van der Waals surface area contributed by atoms with Crippen molar-refractivity contribution >= 4 is 87.3 Å². The van der Waals surface area contributed by atoms with Crippen molar-refractivity contribution in [3.8, 4) is 5.75 Å². The molecule has 0 saturated carbocycles. The van der Waals surface area contributed by atoms with E-state index in [4.69, 9.17) is 27.9 Å². The SMILES string of the molecule is COc1cc(/N=N/c2cc(S(=O)(=O)O)c3cc(S(=O)(=O)O)cc(S(=O)(=O)O)c3c2)c(C)cc1Nc1nc(Cl)nc(Cl)n1. The number of methoxy groups -OCH3 is 1. The molecule has 42 heavy (non-hydrogen) atoms. The number of nitrogens with one attached hydrogen (secondary N) is 1. The van der Waals surface area contributed by atoms with Crippen LogP contribution in [0.3, 0.4) is 0 Å². The molecule has 4 rings (SSSR count).